The van der Waals surface area contributed by atoms with Gasteiger partial charge >= 0.3 is 18.2 Å². The molecule has 0 heterocycles. The van der Waals surface area contributed by atoms with Gasteiger partial charge in [-0.3, -0.25) is 4.79 Å². The van der Waals surface area contributed by atoms with Crippen molar-refractivity contribution >= 4 is 39.7 Å². The standard InChI is InChI=1S/C28H50N2O7S2/c1-3-34-16-15-27(11-7-5-8-12-27)22-29-25(32)36-17-19-38-39-20-18-37-26(33)30-23-28(13-9-6-10-14-28)21-24(31)35-4-2/h3-23H2,1-2H3,(H,29,32)(H,30,33). The first-order chi connectivity index (χ1) is 18.9. The van der Waals surface area contributed by atoms with E-state index < -0.39 is 6.09 Å². The minimum atomic E-state index is -0.452. The van der Waals surface area contributed by atoms with E-state index in [1.165, 1.54) is 19.3 Å². The van der Waals surface area contributed by atoms with Crippen LogP contribution in [-0.4, -0.2) is 75.8 Å². The van der Waals surface area contributed by atoms with E-state index >= 15 is 0 Å². The summed E-state index contributed by atoms with van der Waals surface area (Å²) < 4.78 is 21.4. The highest BCUT2D eigenvalue weighted by Gasteiger charge is 2.35. The maximum Gasteiger partial charge on any atom is 0.407 e. The molecule has 0 radical (unpaired) electrons. The van der Waals surface area contributed by atoms with E-state index in [0.717, 1.165) is 64.6 Å². The number of carbonyl (C=O) groups is 3. The molecule has 0 bridgehead atoms. The molecule has 2 amide bonds. The van der Waals surface area contributed by atoms with Crippen molar-refractivity contribution < 1.29 is 33.3 Å². The first kappa shape index (κ1) is 33.9. The fourth-order valence-corrected chi connectivity index (χ4v) is 7.22. The second kappa shape index (κ2) is 19.7. The lowest BCUT2D eigenvalue weighted by atomic mass is 9.72. The van der Waals surface area contributed by atoms with Crippen LogP contribution in [0, 0.1) is 10.8 Å². The van der Waals surface area contributed by atoms with E-state index in [0.29, 0.717) is 50.8 Å². The molecule has 2 rings (SSSR count). The average molecular weight is 591 g/mol. The largest absolute Gasteiger partial charge is 0.466 e. The molecule has 2 aliphatic carbocycles. The maximum atomic E-state index is 12.2. The van der Waals surface area contributed by atoms with Crippen LogP contribution < -0.4 is 10.6 Å². The van der Waals surface area contributed by atoms with Crippen molar-refractivity contribution in [2.45, 2.75) is 90.9 Å². The van der Waals surface area contributed by atoms with Crippen molar-refractivity contribution in [1.82, 2.24) is 10.6 Å². The predicted molar refractivity (Wildman–Crippen MR) is 157 cm³/mol. The van der Waals surface area contributed by atoms with E-state index in [-0.39, 0.29) is 22.9 Å². The Labute approximate surface area is 242 Å². The van der Waals surface area contributed by atoms with Crippen molar-refractivity contribution in [1.29, 1.82) is 0 Å². The van der Waals surface area contributed by atoms with Crippen molar-refractivity contribution in [3.05, 3.63) is 0 Å². The molecule has 11 heteroatoms. The van der Waals surface area contributed by atoms with E-state index in [1.807, 2.05) is 6.92 Å². The Bertz CT molecular complexity index is 714. The highest BCUT2D eigenvalue weighted by molar-refractivity contribution is 8.76. The summed E-state index contributed by atoms with van der Waals surface area (Å²) in [6.45, 7) is 7.34. The molecule has 39 heavy (non-hydrogen) atoms. The molecule has 0 aromatic rings. The third kappa shape index (κ3) is 14.2. The third-order valence-corrected chi connectivity index (χ3v) is 10.1. The normalized spacial score (nSPS) is 18.1. The van der Waals surface area contributed by atoms with Gasteiger partial charge in [-0.05, 0) is 56.8 Å². The lowest BCUT2D eigenvalue weighted by Crippen LogP contribution is -2.41. The summed E-state index contributed by atoms with van der Waals surface area (Å²) >= 11 is 0. The molecule has 0 aromatic heterocycles. The monoisotopic (exact) mass is 590 g/mol. The Balaban J connectivity index is 1.51. The second-order valence-corrected chi connectivity index (χ2v) is 13.4. The van der Waals surface area contributed by atoms with Gasteiger partial charge in [-0.15, -0.1) is 0 Å². The fraction of sp³-hybridized carbons (Fsp3) is 0.893. The predicted octanol–water partition coefficient (Wildman–Crippen LogP) is 6.10. The van der Waals surface area contributed by atoms with Gasteiger partial charge in [0, 0.05) is 37.8 Å². The van der Waals surface area contributed by atoms with Crippen LogP contribution in [0.5, 0.6) is 0 Å². The number of esters is 1. The lowest BCUT2D eigenvalue weighted by Gasteiger charge is -2.37. The minimum absolute atomic E-state index is 0.126. The van der Waals surface area contributed by atoms with Crippen LogP contribution in [0.4, 0.5) is 9.59 Å². The molecule has 2 saturated carbocycles. The van der Waals surface area contributed by atoms with E-state index in [2.05, 4.69) is 10.6 Å². The molecule has 2 fully saturated rings. The van der Waals surface area contributed by atoms with E-state index in [9.17, 15) is 14.4 Å². The van der Waals surface area contributed by atoms with Crippen LogP contribution >= 0.6 is 21.6 Å². The molecule has 0 atom stereocenters. The zero-order valence-electron chi connectivity index (χ0n) is 24.0. The van der Waals surface area contributed by atoms with E-state index in [4.69, 9.17) is 18.9 Å². The number of hydrogen-bond acceptors (Lipinski definition) is 9. The first-order valence-electron chi connectivity index (χ1n) is 14.7. The number of nitrogens with one attached hydrogen (secondary N) is 2. The van der Waals surface area contributed by atoms with Crippen molar-refractivity contribution in [3.63, 3.8) is 0 Å². The molecule has 0 aliphatic heterocycles. The smallest absolute Gasteiger partial charge is 0.407 e. The van der Waals surface area contributed by atoms with Gasteiger partial charge in [-0.2, -0.15) is 0 Å². The van der Waals surface area contributed by atoms with Crippen molar-refractivity contribution in [2.75, 3.05) is 57.6 Å². The lowest BCUT2D eigenvalue weighted by molar-refractivity contribution is -0.146. The van der Waals surface area contributed by atoms with Gasteiger partial charge in [0.25, 0.3) is 0 Å². The number of amides is 2. The summed E-state index contributed by atoms with van der Waals surface area (Å²) in [4.78, 5) is 36.4. The number of rotatable bonds is 18. The van der Waals surface area contributed by atoms with Gasteiger partial charge in [0.05, 0.1) is 13.0 Å². The van der Waals surface area contributed by atoms with Gasteiger partial charge in [-0.1, -0.05) is 60.1 Å². The molecule has 9 nitrogen and oxygen atoms in total. The molecule has 0 aromatic carbocycles. The van der Waals surface area contributed by atoms with Crippen molar-refractivity contribution in [2.24, 2.45) is 10.8 Å². The quantitative estimate of drug-likeness (QED) is 0.0846. The molecule has 2 N–H and O–H groups in total. The molecule has 2 aliphatic rings. The summed E-state index contributed by atoms with van der Waals surface area (Å²) in [7, 11) is 3.16. The highest BCUT2D eigenvalue weighted by Crippen LogP contribution is 2.40. The van der Waals surface area contributed by atoms with E-state index in [1.54, 1.807) is 28.5 Å². The minimum Gasteiger partial charge on any atom is -0.466 e. The fourth-order valence-electron chi connectivity index (χ4n) is 5.56. The Kier molecular flexibility index (Phi) is 17.1. The summed E-state index contributed by atoms with van der Waals surface area (Å²) in [6.07, 6.45) is 11.5. The van der Waals surface area contributed by atoms with Gasteiger partial charge < -0.3 is 29.6 Å². The van der Waals surface area contributed by atoms with Crippen molar-refractivity contribution in [3.8, 4) is 0 Å². The van der Waals surface area contributed by atoms with Gasteiger partial charge in [0.2, 0.25) is 0 Å². The van der Waals surface area contributed by atoms with Crippen LogP contribution in [0.15, 0.2) is 0 Å². The Morgan fingerprint density at radius 3 is 1.69 bits per heavy atom. The van der Waals surface area contributed by atoms with Crippen LogP contribution in [0.25, 0.3) is 0 Å². The molecular weight excluding hydrogens is 540 g/mol. The third-order valence-electron chi connectivity index (χ3n) is 7.73. The summed E-state index contributed by atoms with van der Waals surface area (Å²) in [6, 6.07) is 0. The van der Waals surface area contributed by atoms with Gasteiger partial charge in [-0.25, -0.2) is 9.59 Å². The Hall–Kier alpha value is -1.33. The van der Waals surface area contributed by atoms with Crippen LogP contribution in [0.2, 0.25) is 0 Å². The molecule has 0 unspecified atom stereocenters. The average Bonchev–Trinajstić information content (AvgIpc) is 2.93. The number of ether oxygens (including phenoxy) is 4. The molecule has 226 valence electrons. The van der Waals surface area contributed by atoms with Gasteiger partial charge in [0.15, 0.2) is 0 Å². The maximum absolute atomic E-state index is 12.2. The SMILES string of the molecule is CCOCCC1(CNC(=O)OCCSSCCOC(=O)NCC2(CC(=O)OCC)CCCCC2)CCCCC1. The first-order valence-corrected chi connectivity index (χ1v) is 17.2. The number of hydrogen-bond donors (Lipinski definition) is 2. The highest BCUT2D eigenvalue weighted by atomic mass is 33.1. The number of alkyl carbamates (subject to hydrolysis) is 2. The zero-order valence-corrected chi connectivity index (χ0v) is 25.7. The Morgan fingerprint density at radius 1 is 0.667 bits per heavy atom. The molecule has 0 saturated heterocycles. The van der Waals surface area contributed by atoms with Crippen LogP contribution in [0.1, 0.15) is 90.9 Å². The topological polar surface area (TPSA) is 112 Å². The Morgan fingerprint density at radius 2 is 1.18 bits per heavy atom. The molecule has 0 spiro atoms. The second-order valence-electron chi connectivity index (χ2n) is 10.7. The summed E-state index contributed by atoms with van der Waals surface area (Å²) in [5, 5.41) is 5.84. The van der Waals surface area contributed by atoms with Crippen LogP contribution in [0.3, 0.4) is 0 Å². The van der Waals surface area contributed by atoms with Crippen LogP contribution in [-0.2, 0) is 23.7 Å². The van der Waals surface area contributed by atoms with Gasteiger partial charge in [0.1, 0.15) is 13.2 Å². The zero-order chi connectivity index (χ0) is 28.2. The summed E-state index contributed by atoms with van der Waals surface area (Å²) in [5.74, 6) is 1.10. The summed E-state index contributed by atoms with van der Waals surface area (Å²) in [5.41, 5.74) is -0.109. The number of carbonyl (C=O) groups excluding carboxylic acids is 3. The molecular formula is C28H50N2O7S2.